The van der Waals surface area contributed by atoms with Crippen molar-refractivity contribution in [2.24, 2.45) is 0 Å². The first-order chi connectivity index (χ1) is 17.7. The average molecular weight is 483 g/mol. The highest BCUT2D eigenvalue weighted by atomic mass is 16.5. The zero-order chi connectivity index (χ0) is 24.7. The molecule has 7 nitrogen and oxygen atoms in total. The molecule has 1 unspecified atom stereocenters. The van der Waals surface area contributed by atoms with Gasteiger partial charge in [-0.15, -0.1) is 0 Å². The minimum atomic E-state index is -0.143. The maximum absolute atomic E-state index is 13.3. The SMILES string of the molecule is COc1cccc2ccc(CN3CC(=O)N(Cc4ccccc4)CC(OCc4cccnc4)C3)nc12. The van der Waals surface area contributed by atoms with Gasteiger partial charge in [0.15, 0.2) is 0 Å². The van der Waals surface area contributed by atoms with Gasteiger partial charge in [0.05, 0.1) is 32.1 Å². The number of nitrogens with zero attached hydrogens (tertiary/aromatic N) is 4. The molecule has 184 valence electrons. The van der Waals surface area contributed by atoms with Crippen LogP contribution in [-0.2, 0) is 29.2 Å². The Morgan fingerprint density at radius 2 is 1.78 bits per heavy atom. The van der Waals surface area contributed by atoms with Gasteiger partial charge in [-0.2, -0.15) is 0 Å². The van der Waals surface area contributed by atoms with Crippen LogP contribution in [0.3, 0.4) is 0 Å². The largest absolute Gasteiger partial charge is 0.494 e. The first kappa shape index (κ1) is 23.9. The maximum Gasteiger partial charge on any atom is 0.237 e. The Bertz CT molecular complexity index is 1300. The Hall–Kier alpha value is -3.81. The van der Waals surface area contributed by atoms with Crippen LogP contribution in [0.25, 0.3) is 10.9 Å². The number of hydrogen-bond acceptors (Lipinski definition) is 6. The van der Waals surface area contributed by atoms with Gasteiger partial charge in [0.25, 0.3) is 0 Å². The number of pyridine rings is 2. The average Bonchev–Trinajstić information content (AvgIpc) is 3.06. The molecule has 7 heteroatoms. The van der Waals surface area contributed by atoms with Gasteiger partial charge in [-0.1, -0.05) is 54.6 Å². The molecular formula is C29H30N4O3. The lowest BCUT2D eigenvalue weighted by Gasteiger charge is -2.25. The van der Waals surface area contributed by atoms with E-state index in [2.05, 4.69) is 16.0 Å². The van der Waals surface area contributed by atoms with Crippen molar-refractivity contribution in [2.45, 2.75) is 25.8 Å². The van der Waals surface area contributed by atoms with Gasteiger partial charge in [0.1, 0.15) is 11.3 Å². The summed E-state index contributed by atoms with van der Waals surface area (Å²) in [5.41, 5.74) is 3.84. The molecule has 1 amide bonds. The number of hydrogen-bond donors (Lipinski definition) is 0. The summed E-state index contributed by atoms with van der Waals surface area (Å²) in [6.07, 6.45) is 3.42. The number of amides is 1. The van der Waals surface area contributed by atoms with Gasteiger partial charge in [-0.3, -0.25) is 14.7 Å². The molecule has 0 saturated carbocycles. The summed E-state index contributed by atoms with van der Waals surface area (Å²) < 4.78 is 11.8. The molecule has 36 heavy (non-hydrogen) atoms. The molecule has 4 aromatic rings. The number of fused-ring (bicyclic) bond motifs is 1. The summed E-state index contributed by atoms with van der Waals surface area (Å²) in [6, 6.07) is 24.0. The third-order valence-corrected chi connectivity index (χ3v) is 6.37. The molecule has 2 aromatic carbocycles. The first-order valence-electron chi connectivity index (χ1n) is 12.1. The van der Waals surface area contributed by atoms with Crippen molar-refractivity contribution in [3.63, 3.8) is 0 Å². The van der Waals surface area contributed by atoms with E-state index < -0.39 is 0 Å². The monoisotopic (exact) mass is 482 g/mol. The Kier molecular flexibility index (Phi) is 7.50. The van der Waals surface area contributed by atoms with Crippen molar-refractivity contribution < 1.29 is 14.3 Å². The predicted molar refractivity (Wildman–Crippen MR) is 138 cm³/mol. The van der Waals surface area contributed by atoms with Gasteiger partial charge < -0.3 is 14.4 Å². The lowest BCUT2D eigenvalue weighted by atomic mass is 10.2. The number of ether oxygens (including phenoxy) is 2. The highest BCUT2D eigenvalue weighted by molar-refractivity contribution is 5.84. The Morgan fingerprint density at radius 1 is 0.917 bits per heavy atom. The fourth-order valence-electron chi connectivity index (χ4n) is 4.57. The second kappa shape index (κ2) is 11.3. The van der Waals surface area contributed by atoms with Gasteiger partial charge in [0.2, 0.25) is 5.91 Å². The molecule has 1 aliphatic rings. The van der Waals surface area contributed by atoms with Crippen molar-refractivity contribution in [1.82, 2.24) is 19.8 Å². The molecule has 1 atom stereocenters. The van der Waals surface area contributed by atoms with Crippen LogP contribution in [0, 0.1) is 0 Å². The quantitative estimate of drug-likeness (QED) is 0.377. The minimum absolute atomic E-state index is 0.0877. The Labute approximate surface area is 211 Å². The van der Waals surface area contributed by atoms with E-state index >= 15 is 0 Å². The predicted octanol–water partition coefficient (Wildman–Crippen LogP) is 4.07. The van der Waals surface area contributed by atoms with Crippen LogP contribution in [0.1, 0.15) is 16.8 Å². The third-order valence-electron chi connectivity index (χ3n) is 6.37. The van der Waals surface area contributed by atoms with Gasteiger partial charge in [-0.05, 0) is 29.3 Å². The highest BCUT2D eigenvalue weighted by Gasteiger charge is 2.29. The molecule has 3 heterocycles. The summed E-state index contributed by atoms with van der Waals surface area (Å²) in [5, 5.41) is 1.02. The number of methoxy groups -OCH3 is 1. The molecule has 2 aromatic heterocycles. The van der Waals surface area contributed by atoms with E-state index in [1.165, 1.54) is 0 Å². The van der Waals surface area contributed by atoms with Gasteiger partial charge >= 0.3 is 0 Å². The molecule has 0 spiro atoms. The Balaban J connectivity index is 1.36. The summed E-state index contributed by atoms with van der Waals surface area (Å²) >= 11 is 0. The number of rotatable bonds is 8. The molecule has 1 aliphatic heterocycles. The van der Waals surface area contributed by atoms with E-state index in [0.717, 1.165) is 33.5 Å². The van der Waals surface area contributed by atoms with Crippen molar-refractivity contribution in [3.05, 3.63) is 102 Å². The van der Waals surface area contributed by atoms with Crippen molar-refractivity contribution in [2.75, 3.05) is 26.7 Å². The van der Waals surface area contributed by atoms with E-state index in [9.17, 15) is 4.79 Å². The topological polar surface area (TPSA) is 67.8 Å². The van der Waals surface area contributed by atoms with Crippen LogP contribution >= 0.6 is 0 Å². The summed E-state index contributed by atoms with van der Waals surface area (Å²) in [6.45, 7) is 3.03. The minimum Gasteiger partial charge on any atom is -0.494 e. The fourth-order valence-corrected chi connectivity index (χ4v) is 4.57. The van der Waals surface area contributed by atoms with Crippen LogP contribution in [0.4, 0.5) is 0 Å². The molecule has 0 aliphatic carbocycles. The molecule has 1 fully saturated rings. The van der Waals surface area contributed by atoms with Crippen molar-refractivity contribution >= 4 is 16.8 Å². The fraction of sp³-hybridized carbons (Fsp3) is 0.276. The second-order valence-electron chi connectivity index (χ2n) is 9.06. The van der Waals surface area contributed by atoms with E-state index in [1.54, 1.807) is 13.3 Å². The lowest BCUT2D eigenvalue weighted by Crippen LogP contribution is -2.37. The number of carbonyl (C=O) groups is 1. The van der Waals surface area contributed by atoms with E-state index in [-0.39, 0.29) is 12.0 Å². The van der Waals surface area contributed by atoms with E-state index in [1.807, 2.05) is 77.8 Å². The van der Waals surface area contributed by atoms with Crippen molar-refractivity contribution in [3.8, 4) is 5.75 Å². The van der Waals surface area contributed by atoms with E-state index in [0.29, 0.717) is 39.3 Å². The first-order valence-corrected chi connectivity index (χ1v) is 12.1. The number of carbonyl (C=O) groups excluding carboxylic acids is 1. The number of benzene rings is 2. The smallest absolute Gasteiger partial charge is 0.237 e. The van der Waals surface area contributed by atoms with Crippen LogP contribution in [-0.4, -0.2) is 58.5 Å². The van der Waals surface area contributed by atoms with Crippen LogP contribution in [0.5, 0.6) is 5.75 Å². The molecular weight excluding hydrogens is 452 g/mol. The molecule has 1 saturated heterocycles. The van der Waals surface area contributed by atoms with Crippen molar-refractivity contribution in [1.29, 1.82) is 0 Å². The summed E-state index contributed by atoms with van der Waals surface area (Å²) in [7, 11) is 1.65. The highest BCUT2D eigenvalue weighted by Crippen LogP contribution is 2.24. The van der Waals surface area contributed by atoms with E-state index in [4.69, 9.17) is 14.5 Å². The number of para-hydroxylation sites is 1. The molecule has 5 rings (SSSR count). The zero-order valence-electron chi connectivity index (χ0n) is 20.4. The van der Waals surface area contributed by atoms with Gasteiger partial charge in [0, 0.05) is 44.0 Å². The second-order valence-corrected chi connectivity index (χ2v) is 9.06. The summed E-state index contributed by atoms with van der Waals surface area (Å²) in [4.78, 5) is 26.4. The number of aromatic nitrogens is 2. The molecule has 0 N–H and O–H groups in total. The maximum atomic E-state index is 13.3. The normalized spacial score (nSPS) is 16.8. The molecule has 0 bridgehead atoms. The van der Waals surface area contributed by atoms with Crippen LogP contribution in [0.15, 0.2) is 85.2 Å². The lowest BCUT2D eigenvalue weighted by molar-refractivity contribution is -0.132. The summed E-state index contributed by atoms with van der Waals surface area (Å²) in [5.74, 6) is 0.831. The zero-order valence-corrected chi connectivity index (χ0v) is 20.4. The standard InChI is InChI=1S/C29H30N4O3/c1-35-27-11-5-10-24-12-13-25(31-29(24)27)17-32-18-26(36-21-23-9-6-14-30-15-23)19-33(28(34)20-32)16-22-7-3-2-4-8-22/h2-15,26H,16-21H2,1H3. The van der Waals surface area contributed by atoms with Gasteiger partial charge in [-0.25, -0.2) is 4.98 Å². The third kappa shape index (κ3) is 5.87. The molecule has 0 radical (unpaired) electrons. The Morgan fingerprint density at radius 3 is 2.58 bits per heavy atom. The van der Waals surface area contributed by atoms with Crippen LogP contribution in [0.2, 0.25) is 0 Å². The van der Waals surface area contributed by atoms with Crippen LogP contribution < -0.4 is 4.74 Å².